The van der Waals surface area contributed by atoms with Gasteiger partial charge in [-0.25, -0.2) is 9.59 Å². The second-order valence-electron chi connectivity index (χ2n) is 12.3. The van der Waals surface area contributed by atoms with Gasteiger partial charge in [-0.05, 0) is 26.0 Å². The van der Waals surface area contributed by atoms with Crippen molar-refractivity contribution >= 4 is 11.9 Å². The van der Waals surface area contributed by atoms with Crippen molar-refractivity contribution in [2.45, 2.75) is 135 Å². The van der Waals surface area contributed by atoms with E-state index in [4.69, 9.17) is 14.2 Å². The highest BCUT2D eigenvalue weighted by atomic mass is 16.6. The molecular weight excluding hydrogens is 562 g/mol. The van der Waals surface area contributed by atoms with Crippen LogP contribution in [0.5, 0.6) is 0 Å². The molecule has 1 N–H and O–H groups in total. The molecule has 1 aromatic heterocycles. The lowest BCUT2D eigenvalue weighted by Gasteiger charge is -2.31. The van der Waals surface area contributed by atoms with Crippen molar-refractivity contribution in [1.29, 1.82) is 0 Å². The summed E-state index contributed by atoms with van der Waals surface area (Å²) < 4.78 is 18.7. The van der Waals surface area contributed by atoms with E-state index in [2.05, 4.69) is 11.9 Å². The number of H-pyrrole nitrogens is 1. The molecule has 44 heavy (non-hydrogen) atoms. The summed E-state index contributed by atoms with van der Waals surface area (Å²) in [4.78, 5) is 54.2. The quantitative estimate of drug-likeness (QED) is 0.141. The lowest BCUT2D eigenvalue weighted by Crippen LogP contribution is -2.48. The van der Waals surface area contributed by atoms with Gasteiger partial charge in [0.1, 0.15) is 13.2 Å². The molecule has 2 atom stereocenters. The smallest absolute Gasteiger partial charge is 0.335 e. The summed E-state index contributed by atoms with van der Waals surface area (Å²) in [5, 5.41) is 0. The zero-order chi connectivity index (χ0) is 31.8. The molecule has 10 heteroatoms. The maximum Gasteiger partial charge on any atom is 0.335 e. The molecular formula is C34H53N3O7. The lowest BCUT2D eigenvalue weighted by molar-refractivity contribution is -0.174. The number of aromatic nitrogens is 2. The number of nitrogens with zero attached hydrogens (tertiary/aromatic N) is 2. The molecule has 1 saturated heterocycles. The molecule has 3 heterocycles. The Morgan fingerprint density at radius 3 is 2.25 bits per heavy atom. The predicted molar refractivity (Wildman–Crippen MR) is 170 cm³/mol. The number of aromatic amines is 1. The zero-order valence-electron chi connectivity index (χ0n) is 27.1. The maximum absolute atomic E-state index is 12.8. The van der Waals surface area contributed by atoms with E-state index >= 15 is 0 Å². The number of hydrogen-bond acceptors (Lipinski definition) is 8. The summed E-state index contributed by atoms with van der Waals surface area (Å²) in [5.41, 5.74) is -1.67. The van der Waals surface area contributed by atoms with Crippen LogP contribution in [0.2, 0.25) is 0 Å². The van der Waals surface area contributed by atoms with E-state index in [0.29, 0.717) is 36.8 Å². The number of allylic oxidation sites excluding steroid dienone is 1. The summed E-state index contributed by atoms with van der Waals surface area (Å²) in [6, 6.07) is 0. The molecule has 0 amide bonds. The van der Waals surface area contributed by atoms with Gasteiger partial charge in [-0.2, -0.15) is 0 Å². The molecule has 0 radical (unpaired) electrons. The van der Waals surface area contributed by atoms with Crippen LogP contribution in [0, 0.1) is 6.92 Å². The molecule has 2 aliphatic heterocycles. The van der Waals surface area contributed by atoms with E-state index in [1.54, 1.807) is 18.0 Å². The first-order chi connectivity index (χ1) is 21.2. The Balaban J connectivity index is 1.41. The highest BCUT2D eigenvalue weighted by Crippen LogP contribution is 2.35. The lowest BCUT2D eigenvalue weighted by atomic mass is 10.0. The number of aryl methyl sites for hydroxylation is 1. The van der Waals surface area contributed by atoms with Crippen LogP contribution in [-0.4, -0.2) is 52.8 Å². The number of carbonyl (C=O) groups excluding carboxylic acids is 2. The third-order valence-corrected chi connectivity index (χ3v) is 8.45. The Labute approximate surface area is 261 Å². The SMILES string of the molecule is CCCCCCCCCCCCCCCC(=O)OC[C@@H]1CC[C@](COC(=O)C2=CN(C)C=CC2)(n2cc(C)c(=O)[nH]c2=O)O1. The van der Waals surface area contributed by atoms with Gasteiger partial charge in [-0.1, -0.05) is 90.0 Å². The van der Waals surface area contributed by atoms with Gasteiger partial charge in [0.2, 0.25) is 0 Å². The van der Waals surface area contributed by atoms with E-state index in [1.165, 1.54) is 75.0 Å². The first kappa shape index (κ1) is 35.3. The minimum atomic E-state index is -1.33. The van der Waals surface area contributed by atoms with Crippen molar-refractivity contribution in [1.82, 2.24) is 14.5 Å². The zero-order valence-corrected chi connectivity index (χ0v) is 27.1. The third-order valence-electron chi connectivity index (χ3n) is 8.45. The number of rotatable bonds is 20. The van der Waals surface area contributed by atoms with Gasteiger partial charge >= 0.3 is 17.6 Å². The molecule has 3 rings (SSSR count). The molecule has 10 nitrogen and oxygen atoms in total. The molecule has 1 fully saturated rings. The number of unbranched alkanes of at least 4 members (excludes halogenated alkanes) is 12. The van der Waals surface area contributed by atoms with Crippen molar-refractivity contribution in [3.05, 3.63) is 56.6 Å². The van der Waals surface area contributed by atoms with E-state index in [9.17, 15) is 19.2 Å². The first-order valence-electron chi connectivity index (χ1n) is 16.7. The minimum Gasteiger partial charge on any atom is -0.463 e. The minimum absolute atomic E-state index is 0.0464. The Bertz CT molecular complexity index is 1230. The number of nitrogens with one attached hydrogen (secondary N) is 1. The highest BCUT2D eigenvalue weighted by Gasteiger charge is 2.45. The second-order valence-corrected chi connectivity index (χ2v) is 12.3. The van der Waals surface area contributed by atoms with E-state index in [0.717, 1.165) is 19.3 Å². The molecule has 246 valence electrons. The van der Waals surface area contributed by atoms with Crippen LogP contribution in [0.1, 0.15) is 122 Å². The van der Waals surface area contributed by atoms with Crippen LogP contribution in [0.15, 0.2) is 39.8 Å². The van der Waals surface area contributed by atoms with Crippen LogP contribution in [0.4, 0.5) is 0 Å². The molecule has 0 spiro atoms. The number of esters is 2. The average molecular weight is 616 g/mol. The van der Waals surface area contributed by atoms with E-state index in [-0.39, 0.29) is 19.2 Å². The topological polar surface area (TPSA) is 120 Å². The number of hydrogen-bond donors (Lipinski definition) is 1. The van der Waals surface area contributed by atoms with Gasteiger partial charge in [-0.15, -0.1) is 0 Å². The fraction of sp³-hybridized carbons (Fsp3) is 0.706. The molecule has 1 aromatic rings. The fourth-order valence-electron chi connectivity index (χ4n) is 5.79. The summed E-state index contributed by atoms with van der Waals surface area (Å²) in [7, 11) is 1.82. The number of ether oxygens (including phenoxy) is 3. The second kappa shape index (κ2) is 18.6. The molecule has 0 aromatic carbocycles. The summed E-state index contributed by atoms with van der Waals surface area (Å²) in [6.07, 6.45) is 24.1. The molecule has 0 bridgehead atoms. The molecule has 2 aliphatic rings. The van der Waals surface area contributed by atoms with Gasteiger partial charge in [0.15, 0.2) is 5.72 Å². The van der Waals surface area contributed by atoms with Crippen LogP contribution in [0.3, 0.4) is 0 Å². The normalized spacial score (nSPS) is 19.7. The van der Waals surface area contributed by atoms with Crippen LogP contribution in [0.25, 0.3) is 0 Å². The highest BCUT2D eigenvalue weighted by molar-refractivity contribution is 5.88. The van der Waals surface area contributed by atoms with E-state index < -0.39 is 29.0 Å². The summed E-state index contributed by atoms with van der Waals surface area (Å²) >= 11 is 0. The Morgan fingerprint density at radius 1 is 0.977 bits per heavy atom. The standard InChI is InChI=1S/C34H53N3O7/c1-4-5-6-7-8-9-10-11-12-13-14-15-16-19-30(38)42-25-29-20-21-34(44-29,37-23-27(2)31(39)35-33(37)41)26-43-32(40)28-18-17-22-36(3)24-28/h17,22-24,29H,4-16,18-21,25-26H2,1-3H3,(H,35,39,41)/t29-,34-/m0/s1. The van der Waals surface area contributed by atoms with Gasteiger partial charge < -0.3 is 19.1 Å². The van der Waals surface area contributed by atoms with Crippen molar-refractivity contribution in [3.63, 3.8) is 0 Å². The molecule has 0 saturated carbocycles. The summed E-state index contributed by atoms with van der Waals surface area (Å²) in [6.45, 7) is 3.66. The Morgan fingerprint density at radius 2 is 1.61 bits per heavy atom. The van der Waals surface area contributed by atoms with Crippen LogP contribution < -0.4 is 11.2 Å². The average Bonchev–Trinajstić information content (AvgIpc) is 3.43. The van der Waals surface area contributed by atoms with Crippen molar-refractivity contribution in [3.8, 4) is 0 Å². The van der Waals surface area contributed by atoms with Crippen molar-refractivity contribution < 1.29 is 23.8 Å². The van der Waals surface area contributed by atoms with Crippen molar-refractivity contribution in [2.24, 2.45) is 0 Å². The fourth-order valence-corrected chi connectivity index (χ4v) is 5.79. The molecule has 0 aliphatic carbocycles. The van der Waals surface area contributed by atoms with Crippen molar-refractivity contribution in [2.75, 3.05) is 20.3 Å². The van der Waals surface area contributed by atoms with Gasteiger partial charge in [0.25, 0.3) is 5.56 Å². The Kier molecular flexibility index (Phi) is 15.0. The summed E-state index contributed by atoms with van der Waals surface area (Å²) in [5.74, 6) is -0.773. The predicted octanol–water partition coefficient (Wildman–Crippen LogP) is 5.98. The Hall–Kier alpha value is -3.14. The van der Waals surface area contributed by atoms with Gasteiger partial charge in [0, 0.05) is 44.3 Å². The monoisotopic (exact) mass is 615 g/mol. The van der Waals surface area contributed by atoms with Gasteiger partial charge in [-0.3, -0.25) is 19.1 Å². The largest absolute Gasteiger partial charge is 0.463 e. The molecule has 0 unspecified atom stereocenters. The van der Waals surface area contributed by atoms with E-state index in [1.807, 2.05) is 19.3 Å². The van der Waals surface area contributed by atoms with Crippen LogP contribution in [-0.2, 0) is 29.5 Å². The third kappa shape index (κ3) is 11.4. The van der Waals surface area contributed by atoms with Crippen LogP contribution >= 0.6 is 0 Å². The van der Waals surface area contributed by atoms with Gasteiger partial charge in [0.05, 0.1) is 11.7 Å². The number of carbonyl (C=O) groups is 2. The first-order valence-corrected chi connectivity index (χ1v) is 16.7. The maximum atomic E-state index is 12.8.